The molecule has 0 aliphatic heterocycles. The van der Waals surface area contributed by atoms with Crippen molar-refractivity contribution in [2.24, 2.45) is 0 Å². The van der Waals surface area contributed by atoms with E-state index >= 15 is 0 Å². The number of hydrogen-bond donors (Lipinski definition) is 0. The van der Waals surface area contributed by atoms with Crippen LogP contribution in [-0.2, 0) is 44.8 Å². The van der Waals surface area contributed by atoms with Crippen molar-refractivity contribution in [3.05, 3.63) is 0 Å². The van der Waals surface area contributed by atoms with Crippen molar-refractivity contribution in [3.63, 3.8) is 0 Å². The van der Waals surface area contributed by atoms with Crippen LogP contribution >= 0.6 is 0 Å². The van der Waals surface area contributed by atoms with Gasteiger partial charge >= 0.3 is 0 Å². The molecule has 0 saturated heterocycles. The van der Waals surface area contributed by atoms with E-state index in [9.17, 15) is 0 Å². The summed E-state index contributed by atoms with van der Waals surface area (Å²) in [6, 6.07) is 0. The molecule has 0 spiro atoms. The molecule has 24 valence electrons. The zero-order chi connectivity index (χ0) is 4.00. The molecule has 0 radical (unpaired) electrons. The molecule has 0 aliphatic rings. The van der Waals surface area contributed by atoms with Crippen LogP contribution in [0.25, 0.3) is 0 Å². The van der Waals surface area contributed by atoms with Crippen molar-refractivity contribution >= 4 is 44.8 Å². The number of hydrogen-bond acceptors (Lipinski definition) is 4. The molecule has 0 bridgehead atoms. The minimum absolute atomic E-state index is 3.67. The van der Waals surface area contributed by atoms with E-state index in [1.54, 1.807) is 0 Å². The summed E-state index contributed by atoms with van der Waals surface area (Å²) in [5, 5.41) is 0. The van der Waals surface area contributed by atoms with Gasteiger partial charge in [0.2, 0.25) is 0 Å². The predicted molar refractivity (Wildman–Crippen MR) is 29.5 cm³/mol. The van der Waals surface area contributed by atoms with E-state index in [0.29, 0.717) is 0 Å². The molecular formula is S4. The predicted octanol–water partition coefficient (Wildman–Crippen LogP) is -0.00960. The highest BCUT2D eigenvalue weighted by Gasteiger charge is 0.709. The quantitative estimate of drug-likeness (QED) is 0.450. The second-order valence-corrected chi connectivity index (χ2v) is 0. The van der Waals surface area contributed by atoms with Gasteiger partial charge in [-0.05, 0) is 0 Å². The lowest BCUT2D eigenvalue weighted by atomic mass is 31.4. The minimum Gasteiger partial charge on any atom is 0 e. The molecule has 0 aliphatic carbocycles. The van der Waals surface area contributed by atoms with Gasteiger partial charge in [-0.25, -0.2) is 0 Å². The van der Waals surface area contributed by atoms with Crippen molar-refractivity contribution in [2.45, 2.75) is 0 Å². The third-order valence-electron chi connectivity index (χ3n) is 0. The van der Waals surface area contributed by atoms with Crippen molar-refractivity contribution in [2.75, 3.05) is 0 Å². The van der Waals surface area contributed by atoms with Crippen LogP contribution in [0.5, 0.6) is 0 Å². The van der Waals surface area contributed by atoms with Gasteiger partial charge in [-0.3, -0.25) is 0 Å². The third-order valence-corrected chi connectivity index (χ3v) is 0. The Hall–Kier alpha value is 0.880. The zero-order valence-electron chi connectivity index (χ0n) is 1.63. The Morgan fingerprint density at radius 3 is 0.500 bits per heavy atom. The smallest absolute Gasteiger partial charge is 0 e. The maximum atomic E-state index is 3.67. The Bertz CT molecular complexity index is 2.00. The average molecular weight is 128 g/mol. The maximum absolute atomic E-state index is 3.67. The van der Waals surface area contributed by atoms with E-state index in [1.807, 2.05) is 0 Å². The van der Waals surface area contributed by atoms with Gasteiger partial charge in [0, 0.05) is 44.8 Å². The van der Waals surface area contributed by atoms with Crippen LogP contribution in [0.2, 0.25) is 0 Å². The molecule has 0 atom stereocenters. The first-order valence-corrected chi connectivity index (χ1v) is 3.00. The van der Waals surface area contributed by atoms with Crippen LogP contribution < -0.4 is 0 Å². The molecule has 4 heteroatoms. The topological polar surface area (TPSA) is 0 Å². The Kier molecular flexibility index (Phi) is 92.0. The second-order valence-electron chi connectivity index (χ2n) is 0. The molecular weight excluding hydrogens is 128 g/mol. The van der Waals surface area contributed by atoms with Crippen molar-refractivity contribution < 1.29 is 0 Å². The standard InChI is InChI=1S/2S2/c2*1-2. The molecule has 0 heterocycles. The van der Waals surface area contributed by atoms with Crippen molar-refractivity contribution in [1.82, 2.24) is 0 Å². The fourth-order valence-electron chi connectivity index (χ4n) is 0. The van der Waals surface area contributed by atoms with E-state index < -0.39 is 0 Å². The van der Waals surface area contributed by atoms with E-state index in [2.05, 4.69) is 44.8 Å². The van der Waals surface area contributed by atoms with Gasteiger partial charge in [0.25, 0.3) is 0 Å². The first-order valence-electron chi connectivity index (χ1n) is 0.333. The normalized spacial score (nSPS) is 2.00. The Balaban J connectivity index is 0. The van der Waals surface area contributed by atoms with Crippen LogP contribution in [-0.4, -0.2) is 0 Å². The van der Waals surface area contributed by atoms with E-state index in [4.69, 9.17) is 0 Å². The monoisotopic (exact) mass is 128 g/mol. The maximum Gasteiger partial charge on any atom is 0 e. The summed E-state index contributed by atoms with van der Waals surface area (Å²) in [6.07, 6.45) is 0. The molecule has 0 aromatic rings. The molecule has 0 unspecified atom stereocenters. The van der Waals surface area contributed by atoms with E-state index in [1.165, 1.54) is 0 Å². The highest BCUT2D eigenvalue weighted by atomic mass is 32.8. The van der Waals surface area contributed by atoms with Crippen LogP contribution in [0.1, 0.15) is 0 Å². The van der Waals surface area contributed by atoms with Crippen molar-refractivity contribution in [3.8, 4) is 0 Å². The molecule has 0 saturated carbocycles. The lowest BCUT2D eigenvalue weighted by molar-refractivity contribution is 6.66. The molecule has 0 fully saturated rings. The van der Waals surface area contributed by atoms with Gasteiger partial charge in [0.1, 0.15) is 0 Å². The average Bonchev–Trinajstić information content (AvgIpc) is 1.50. The summed E-state index contributed by atoms with van der Waals surface area (Å²) in [4.78, 5) is 0. The first-order chi connectivity index (χ1) is 2.00. The Labute approximate surface area is 44.9 Å². The largest absolute Gasteiger partial charge is 0 e. The Morgan fingerprint density at radius 1 is 0.500 bits per heavy atom. The Morgan fingerprint density at radius 2 is 0.500 bits per heavy atom. The summed E-state index contributed by atoms with van der Waals surface area (Å²) in [6.45, 7) is 0. The van der Waals surface area contributed by atoms with Gasteiger partial charge in [0.05, 0.1) is 0 Å². The van der Waals surface area contributed by atoms with Crippen LogP contribution in [0.4, 0.5) is 0 Å². The highest BCUT2D eigenvalue weighted by Crippen LogP contribution is 0.707. The van der Waals surface area contributed by atoms with Gasteiger partial charge < -0.3 is 0 Å². The van der Waals surface area contributed by atoms with Gasteiger partial charge in [-0.2, -0.15) is 0 Å². The highest BCUT2D eigenvalue weighted by molar-refractivity contribution is 8.07. The summed E-state index contributed by atoms with van der Waals surface area (Å²) in [5.41, 5.74) is 0. The molecule has 4 heavy (non-hydrogen) atoms. The van der Waals surface area contributed by atoms with Crippen LogP contribution in [0.3, 0.4) is 0 Å². The molecule has 0 aromatic heterocycles. The second kappa shape index (κ2) is 41.6. The molecule has 0 amide bonds. The lowest BCUT2D eigenvalue weighted by Gasteiger charge is -0.707. The molecule has 0 N–H and O–H groups in total. The minimum atomic E-state index is 3.67. The van der Waals surface area contributed by atoms with Crippen LogP contribution in [0, 0.1) is 0 Å². The summed E-state index contributed by atoms with van der Waals surface area (Å²) in [5.74, 6) is 0. The first kappa shape index (κ1) is 8.86. The third kappa shape index (κ3) is 13.1. The summed E-state index contributed by atoms with van der Waals surface area (Å²) in [7, 11) is 0. The lowest BCUT2D eigenvalue weighted by Crippen LogP contribution is -0.710. The van der Waals surface area contributed by atoms with E-state index in [0.717, 1.165) is 0 Å². The van der Waals surface area contributed by atoms with Gasteiger partial charge in [-0.15, -0.1) is 0 Å². The molecule has 0 nitrogen and oxygen atoms in total. The molecule has 0 aromatic carbocycles. The van der Waals surface area contributed by atoms with Crippen LogP contribution in [0.15, 0.2) is 0 Å². The van der Waals surface area contributed by atoms with E-state index in [-0.39, 0.29) is 0 Å². The van der Waals surface area contributed by atoms with Crippen molar-refractivity contribution in [1.29, 1.82) is 0 Å². The zero-order valence-corrected chi connectivity index (χ0v) is 4.90. The number of rotatable bonds is 0. The van der Waals surface area contributed by atoms with Gasteiger partial charge in [0.15, 0.2) is 0 Å². The van der Waals surface area contributed by atoms with Gasteiger partial charge in [-0.1, -0.05) is 0 Å². The fourth-order valence-corrected chi connectivity index (χ4v) is 0. The summed E-state index contributed by atoms with van der Waals surface area (Å²) >= 11 is 14.7. The fraction of sp³-hybridized carbons (Fsp3) is 0. The summed E-state index contributed by atoms with van der Waals surface area (Å²) < 4.78 is 0. The SMILES string of the molecule is S=S.S=S. The molecule has 0 rings (SSSR count).